The van der Waals surface area contributed by atoms with E-state index in [0.717, 1.165) is 0 Å². The van der Waals surface area contributed by atoms with Gasteiger partial charge in [0, 0.05) is 10.2 Å². The van der Waals surface area contributed by atoms with Gasteiger partial charge in [-0.25, -0.2) is 4.39 Å². The van der Waals surface area contributed by atoms with Crippen molar-refractivity contribution in [1.82, 2.24) is 0 Å². The Hall–Kier alpha value is -1.20. The van der Waals surface area contributed by atoms with Crippen molar-refractivity contribution < 1.29 is 9.18 Å². The third kappa shape index (κ3) is 2.01. The Balaban J connectivity index is 2.49. The summed E-state index contributed by atoms with van der Waals surface area (Å²) in [6, 6.07) is 5.73. The van der Waals surface area contributed by atoms with E-state index in [1.165, 1.54) is 29.5 Å². The highest BCUT2D eigenvalue weighted by Gasteiger charge is 2.17. The summed E-state index contributed by atoms with van der Waals surface area (Å²) in [6.07, 6.45) is 0. The lowest BCUT2D eigenvalue weighted by Crippen LogP contribution is -2.04. The maximum absolute atomic E-state index is 13.5. The van der Waals surface area contributed by atoms with Crippen molar-refractivity contribution in [2.45, 2.75) is 0 Å². The summed E-state index contributed by atoms with van der Waals surface area (Å²) in [6.45, 7) is 0. The average molecular weight is 300 g/mol. The maximum atomic E-state index is 13.5. The zero-order valence-electron chi connectivity index (χ0n) is 8.04. The first-order valence-corrected chi connectivity index (χ1v) is 6.09. The third-order valence-electron chi connectivity index (χ3n) is 2.06. The number of ketones is 1. The topological polar surface area (TPSA) is 43.1 Å². The number of thiophene rings is 1. The molecule has 5 heteroatoms. The number of nitrogens with two attached hydrogens (primary N) is 1. The molecule has 0 aliphatic rings. The number of carbonyl (C=O) groups is 1. The van der Waals surface area contributed by atoms with Crippen molar-refractivity contribution in [3.8, 4) is 0 Å². The summed E-state index contributed by atoms with van der Waals surface area (Å²) in [4.78, 5) is 12.5. The zero-order valence-corrected chi connectivity index (χ0v) is 10.4. The highest BCUT2D eigenvalue weighted by atomic mass is 79.9. The summed E-state index contributed by atoms with van der Waals surface area (Å²) < 4.78 is 14.1. The first kappa shape index (κ1) is 11.3. The molecule has 0 atom stereocenters. The number of carbonyl (C=O) groups excluding carboxylic acids is 1. The van der Waals surface area contributed by atoms with Gasteiger partial charge in [0.2, 0.25) is 5.78 Å². The largest absolute Gasteiger partial charge is 0.399 e. The molecule has 0 amide bonds. The zero-order chi connectivity index (χ0) is 11.7. The Morgan fingerprint density at radius 1 is 1.38 bits per heavy atom. The number of hydrogen-bond acceptors (Lipinski definition) is 3. The van der Waals surface area contributed by atoms with Gasteiger partial charge in [-0.1, -0.05) is 0 Å². The highest BCUT2D eigenvalue weighted by molar-refractivity contribution is 9.10. The van der Waals surface area contributed by atoms with Crippen molar-refractivity contribution in [3.05, 3.63) is 50.4 Å². The van der Waals surface area contributed by atoms with Crippen molar-refractivity contribution in [2.24, 2.45) is 0 Å². The molecular formula is C11H7BrFNOS. The first-order chi connectivity index (χ1) is 7.59. The lowest BCUT2D eigenvalue weighted by atomic mass is 10.1. The molecule has 1 heterocycles. The second-order valence-corrected chi connectivity index (χ2v) is 4.94. The van der Waals surface area contributed by atoms with Gasteiger partial charge < -0.3 is 5.73 Å². The molecule has 0 bridgehead atoms. The van der Waals surface area contributed by atoms with Crippen molar-refractivity contribution in [2.75, 3.05) is 5.73 Å². The van der Waals surface area contributed by atoms with Gasteiger partial charge in [0.25, 0.3) is 0 Å². The molecule has 0 saturated heterocycles. The Morgan fingerprint density at radius 3 is 2.75 bits per heavy atom. The number of rotatable bonds is 2. The Bertz CT molecular complexity index is 553. The minimum atomic E-state index is -0.556. The van der Waals surface area contributed by atoms with Crippen LogP contribution in [-0.2, 0) is 0 Å². The van der Waals surface area contributed by atoms with Crippen molar-refractivity contribution in [1.29, 1.82) is 0 Å². The van der Waals surface area contributed by atoms with Crippen molar-refractivity contribution in [3.63, 3.8) is 0 Å². The predicted octanol–water partition coefficient (Wildman–Crippen LogP) is 3.46. The SMILES string of the molecule is Nc1ccc(F)c(C(=O)c2sccc2Br)c1. The Kier molecular flexibility index (Phi) is 3.07. The number of benzene rings is 1. The monoisotopic (exact) mass is 299 g/mol. The maximum Gasteiger partial charge on any atom is 0.207 e. The number of hydrogen-bond donors (Lipinski definition) is 1. The third-order valence-corrected chi connectivity index (χ3v) is 3.89. The number of anilines is 1. The summed E-state index contributed by atoms with van der Waals surface area (Å²) in [5.74, 6) is -0.911. The fraction of sp³-hybridized carbons (Fsp3) is 0. The Morgan fingerprint density at radius 2 is 2.12 bits per heavy atom. The molecule has 1 aromatic carbocycles. The van der Waals surface area contributed by atoms with E-state index in [-0.39, 0.29) is 11.3 Å². The lowest BCUT2D eigenvalue weighted by Gasteiger charge is -2.02. The number of nitrogen functional groups attached to an aromatic ring is 1. The molecule has 0 aliphatic heterocycles. The van der Waals surface area contributed by atoms with Gasteiger partial charge in [0.05, 0.1) is 10.4 Å². The van der Waals surface area contributed by atoms with Gasteiger partial charge in [0.15, 0.2) is 0 Å². The molecule has 2 N–H and O–H groups in total. The molecular weight excluding hydrogens is 293 g/mol. The molecule has 0 spiro atoms. The summed E-state index contributed by atoms with van der Waals surface area (Å²) in [5.41, 5.74) is 5.91. The summed E-state index contributed by atoms with van der Waals surface area (Å²) in [5, 5.41) is 1.77. The van der Waals surface area contributed by atoms with Crippen LogP contribution in [0.1, 0.15) is 15.2 Å². The highest BCUT2D eigenvalue weighted by Crippen LogP contribution is 2.27. The van der Waals surface area contributed by atoms with Gasteiger partial charge >= 0.3 is 0 Å². The fourth-order valence-electron chi connectivity index (χ4n) is 1.29. The van der Waals surface area contributed by atoms with Gasteiger partial charge in [0.1, 0.15) is 5.82 Å². The standard InChI is InChI=1S/C11H7BrFNOS/c12-8-3-4-16-11(8)10(15)7-5-6(14)1-2-9(7)13/h1-5H,14H2. The van der Waals surface area contributed by atoms with Crippen LogP contribution in [0.3, 0.4) is 0 Å². The molecule has 0 fully saturated rings. The van der Waals surface area contributed by atoms with Crippen LogP contribution in [0.15, 0.2) is 34.1 Å². The van der Waals surface area contributed by atoms with Crippen molar-refractivity contribution >= 4 is 38.7 Å². The van der Waals surface area contributed by atoms with Gasteiger partial charge in [-0.05, 0) is 45.6 Å². The van der Waals surface area contributed by atoms with E-state index in [1.807, 2.05) is 0 Å². The van der Waals surface area contributed by atoms with Crippen LogP contribution in [0.25, 0.3) is 0 Å². The van der Waals surface area contributed by atoms with Gasteiger partial charge in [-0.2, -0.15) is 0 Å². The number of halogens is 2. The second-order valence-electron chi connectivity index (χ2n) is 3.17. The van der Waals surface area contributed by atoms with Crippen LogP contribution in [0.5, 0.6) is 0 Å². The second kappa shape index (κ2) is 4.35. The van der Waals surface area contributed by atoms with Crippen LogP contribution >= 0.6 is 27.3 Å². The molecule has 0 aliphatic carbocycles. The summed E-state index contributed by atoms with van der Waals surface area (Å²) >= 11 is 4.51. The molecule has 0 saturated carbocycles. The average Bonchev–Trinajstić information content (AvgIpc) is 2.67. The minimum Gasteiger partial charge on any atom is -0.399 e. The van der Waals surface area contributed by atoms with Gasteiger partial charge in [-0.3, -0.25) is 4.79 Å². The molecule has 2 nitrogen and oxygen atoms in total. The molecule has 1 aromatic heterocycles. The van der Waals surface area contributed by atoms with E-state index in [9.17, 15) is 9.18 Å². The molecule has 2 rings (SSSR count). The van der Waals surface area contributed by atoms with Crippen LogP contribution in [0.2, 0.25) is 0 Å². The minimum absolute atomic E-state index is 0.00292. The first-order valence-electron chi connectivity index (χ1n) is 4.42. The van der Waals surface area contributed by atoms with E-state index < -0.39 is 5.82 Å². The van der Waals surface area contributed by atoms with Crippen LogP contribution in [-0.4, -0.2) is 5.78 Å². The molecule has 0 unspecified atom stereocenters. The molecule has 16 heavy (non-hydrogen) atoms. The quantitative estimate of drug-likeness (QED) is 0.682. The van der Waals surface area contributed by atoms with E-state index >= 15 is 0 Å². The normalized spacial score (nSPS) is 10.4. The van der Waals surface area contributed by atoms with Crippen LogP contribution in [0, 0.1) is 5.82 Å². The molecule has 0 radical (unpaired) electrons. The predicted molar refractivity (Wildman–Crippen MR) is 66.3 cm³/mol. The van der Waals surface area contributed by atoms with E-state index in [1.54, 1.807) is 11.4 Å². The fourth-order valence-corrected chi connectivity index (χ4v) is 2.80. The van der Waals surface area contributed by atoms with E-state index in [2.05, 4.69) is 15.9 Å². The molecule has 82 valence electrons. The smallest absolute Gasteiger partial charge is 0.207 e. The Labute approximate surface area is 104 Å². The summed E-state index contributed by atoms with van der Waals surface area (Å²) in [7, 11) is 0. The van der Waals surface area contributed by atoms with E-state index in [0.29, 0.717) is 15.0 Å². The lowest BCUT2D eigenvalue weighted by molar-refractivity contribution is 0.103. The van der Waals surface area contributed by atoms with Crippen LogP contribution in [0.4, 0.5) is 10.1 Å². The van der Waals surface area contributed by atoms with Gasteiger partial charge in [-0.15, -0.1) is 11.3 Å². The molecule has 2 aromatic rings. The van der Waals surface area contributed by atoms with E-state index in [4.69, 9.17) is 5.73 Å². The van der Waals surface area contributed by atoms with Crippen LogP contribution < -0.4 is 5.73 Å².